The van der Waals surface area contributed by atoms with Crippen LogP contribution in [-0.2, 0) is 0 Å². The number of H-pyrrole nitrogens is 1. The van der Waals surface area contributed by atoms with E-state index in [9.17, 15) is 0 Å². The first kappa shape index (κ1) is 15.5. The molecule has 0 saturated heterocycles. The van der Waals surface area contributed by atoms with Gasteiger partial charge in [0.05, 0.1) is 18.3 Å². The molecule has 0 saturated carbocycles. The van der Waals surface area contributed by atoms with Crippen molar-refractivity contribution in [1.82, 2.24) is 14.9 Å². The number of benzene rings is 2. The molecule has 0 bridgehead atoms. The number of ether oxygens (including phenoxy) is 1. The SMILES string of the molecule is COc1ccc(/C=N\n2c(-c3ccccc3Cl)n[nH]c2=S)cc1. The lowest BCUT2D eigenvalue weighted by Crippen LogP contribution is -1.95. The summed E-state index contributed by atoms with van der Waals surface area (Å²) in [5, 5.41) is 11.9. The van der Waals surface area contributed by atoms with Gasteiger partial charge in [-0.3, -0.25) is 0 Å². The van der Waals surface area contributed by atoms with Crippen molar-refractivity contribution >= 4 is 30.0 Å². The molecule has 2 aromatic carbocycles. The van der Waals surface area contributed by atoms with Crippen LogP contribution in [0, 0.1) is 4.77 Å². The molecule has 0 spiro atoms. The van der Waals surface area contributed by atoms with Crippen molar-refractivity contribution < 1.29 is 4.74 Å². The fourth-order valence-electron chi connectivity index (χ4n) is 2.03. The summed E-state index contributed by atoms with van der Waals surface area (Å²) in [5.41, 5.74) is 1.67. The third-order valence-corrected chi connectivity index (χ3v) is 3.80. The van der Waals surface area contributed by atoms with E-state index >= 15 is 0 Å². The molecule has 23 heavy (non-hydrogen) atoms. The van der Waals surface area contributed by atoms with Gasteiger partial charge in [-0.15, -0.1) is 0 Å². The Labute approximate surface area is 143 Å². The smallest absolute Gasteiger partial charge is 0.216 e. The van der Waals surface area contributed by atoms with E-state index in [-0.39, 0.29) is 0 Å². The van der Waals surface area contributed by atoms with Crippen molar-refractivity contribution in [2.24, 2.45) is 5.10 Å². The second-order valence-corrected chi connectivity index (χ2v) is 5.46. The predicted octanol–water partition coefficient (Wildman–Crippen LogP) is 4.15. The van der Waals surface area contributed by atoms with Gasteiger partial charge >= 0.3 is 0 Å². The van der Waals surface area contributed by atoms with Gasteiger partial charge in [0.25, 0.3) is 0 Å². The fraction of sp³-hybridized carbons (Fsp3) is 0.0625. The van der Waals surface area contributed by atoms with Crippen LogP contribution in [0.1, 0.15) is 5.56 Å². The molecule has 1 heterocycles. The van der Waals surface area contributed by atoms with E-state index in [0.717, 1.165) is 16.9 Å². The summed E-state index contributed by atoms with van der Waals surface area (Å²) in [4.78, 5) is 0. The Kier molecular flexibility index (Phi) is 4.55. The van der Waals surface area contributed by atoms with Crippen LogP contribution in [0.5, 0.6) is 5.75 Å². The molecule has 116 valence electrons. The molecule has 3 aromatic rings. The van der Waals surface area contributed by atoms with E-state index in [1.165, 1.54) is 0 Å². The van der Waals surface area contributed by atoms with Gasteiger partial charge in [-0.1, -0.05) is 23.7 Å². The van der Waals surface area contributed by atoms with E-state index in [4.69, 9.17) is 28.6 Å². The first-order valence-corrected chi connectivity index (χ1v) is 7.58. The van der Waals surface area contributed by atoms with Crippen molar-refractivity contribution in [2.45, 2.75) is 0 Å². The second-order valence-electron chi connectivity index (χ2n) is 4.66. The number of hydrogen-bond acceptors (Lipinski definition) is 4. The molecular formula is C16H13ClN4OS. The Balaban J connectivity index is 1.97. The predicted molar refractivity (Wildman–Crippen MR) is 93.8 cm³/mol. The van der Waals surface area contributed by atoms with Crippen LogP contribution in [0.3, 0.4) is 0 Å². The molecule has 0 fully saturated rings. The van der Waals surface area contributed by atoms with E-state index < -0.39 is 0 Å². The van der Waals surface area contributed by atoms with Gasteiger partial charge in [-0.2, -0.15) is 14.9 Å². The zero-order chi connectivity index (χ0) is 16.2. The van der Waals surface area contributed by atoms with Crippen LogP contribution >= 0.6 is 23.8 Å². The lowest BCUT2D eigenvalue weighted by atomic mass is 10.2. The third-order valence-electron chi connectivity index (χ3n) is 3.20. The normalized spacial score (nSPS) is 11.0. The summed E-state index contributed by atoms with van der Waals surface area (Å²) < 4.78 is 7.07. The lowest BCUT2D eigenvalue weighted by molar-refractivity contribution is 0.415. The van der Waals surface area contributed by atoms with Crippen LogP contribution in [0.2, 0.25) is 5.02 Å². The summed E-state index contributed by atoms with van der Waals surface area (Å²) in [6.45, 7) is 0. The summed E-state index contributed by atoms with van der Waals surface area (Å²) in [5.74, 6) is 1.35. The minimum absolute atomic E-state index is 0.393. The van der Waals surface area contributed by atoms with Crippen molar-refractivity contribution in [2.75, 3.05) is 7.11 Å². The summed E-state index contributed by atoms with van der Waals surface area (Å²) >= 11 is 11.5. The number of aromatic amines is 1. The van der Waals surface area contributed by atoms with Gasteiger partial charge in [-0.25, -0.2) is 5.10 Å². The fourth-order valence-corrected chi connectivity index (χ4v) is 2.43. The lowest BCUT2D eigenvalue weighted by Gasteiger charge is -2.03. The molecule has 0 aliphatic carbocycles. The van der Waals surface area contributed by atoms with Gasteiger partial charge in [0.15, 0.2) is 5.82 Å². The highest BCUT2D eigenvalue weighted by Gasteiger charge is 2.11. The molecule has 0 aliphatic heterocycles. The molecule has 0 unspecified atom stereocenters. The minimum atomic E-state index is 0.393. The maximum absolute atomic E-state index is 6.22. The van der Waals surface area contributed by atoms with Crippen molar-refractivity contribution in [3.63, 3.8) is 0 Å². The van der Waals surface area contributed by atoms with E-state index in [0.29, 0.717) is 15.6 Å². The van der Waals surface area contributed by atoms with Crippen molar-refractivity contribution in [1.29, 1.82) is 0 Å². The monoisotopic (exact) mass is 344 g/mol. The number of nitrogens with zero attached hydrogens (tertiary/aromatic N) is 3. The highest BCUT2D eigenvalue weighted by Crippen LogP contribution is 2.25. The van der Waals surface area contributed by atoms with E-state index in [2.05, 4.69) is 15.3 Å². The maximum atomic E-state index is 6.22. The number of halogens is 1. The van der Waals surface area contributed by atoms with E-state index in [1.807, 2.05) is 42.5 Å². The topological polar surface area (TPSA) is 55.2 Å². The highest BCUT2D eigenvalue weighted by atomic mass is 35.5. The third kappa shape index (κ3) is 3.33. The Morgan fingerprint density at radius 3 is 2.65 bits per heavy atom. The Hall–Kier alpha value is -2.44. The molecule has 0 radical (unpaired) electrons. The molecule has 7 heteroatoms. The Morgan fingerprint density at radius 2 is 1.96 bits per heavy atom. The standard InChI is InChI=1S/C16H13ClN4OS/c1-22-12-8-6-11(7-9-12)10-18-21-15(19-20-16(21)23)13-4-2-3-5-14(13)17/h2-10H,1H3,(H,20,23)/b18-10-. The van der Waals surface area contributed by atoms with Crippen LogP contribution in [0.15, 0.2) is 53.6 Å². The van der Waals surface area contributed by atoms with Crippen molar-refractivity contribution in [3.05, 3.63) is 63.9 Å². The summed E-state index contributed by atoms with van der Waals surface area (Å²) in [7, 11) is 1.63. The van der Waals surface area contributed by atoms with Gasteiger partial charge in [0.2, 0.25) is 4.77 Å². The first-order valence-electron chi connectivity index (χ1n) is 6.80. The number of nitrogens with one attached hydrogen (secondary N) is 1. The zero-order valence-electron chi connectivity index (χ0n) is 12.2. The van der Waals surface area contributed by atoms with Gasteiger partial charge in [0.1, 0.15) is 5.75 Å². The maximum Gasteiger partial charge on any atom is 0.216 e. The average molecular weight is 345 g/mol. The average Bonchev–Trinajstić information content (AvgIpc) is 2.94. The summed E-state index contributed by atoms with van der Waals surface area (Å²) in [6, 6.07) is 15.0. The van der Waals surface area contributed by atoms with Gasteiger partial charge in [0, 0.05) is 5.56 Å². The Bertz CT molecular complexity index is 899. The quantitative estimate of drug-likeness (QED) is 0.571. The van der Waals surface area contributed by atoms with E-state index in [1.54, 1.807) is 24.1 Å². The van der Waals surface area contributed by atoms with Crippen LogP contribution < -0.4 is 4.74 Å². The van der Waals surface area contributed by atoms with Crippen LogP contribution in [0.4, 0.5) is 0 Å². The van der Waals surface area contributed by atoms with Crippen LogP contribution in [-0.4, -0.2) is 28.2 Å². The molecule has 0 amide bonds. The van der Waals surface area contributed by atoms with Crippen molar-refractivity contribution in [3.8, 4) is 17.1 Å². The highest BCUT2D eigenvalue weighted by molar-refractivity contribution is 7.71. The first-order chi connectivity index (χ1) is 11.2. The molecule has 0 atom stereocenters. The number of rotatable bonds is 4. The Morgan fingerprint density at radius 1 is 1.22 bits per heavy atom. The van der Waals surface area contributed by atoms with Gasteiger partial charge < -0.3 is 4.74 Å². The number of aromatic nitrogens is 3. The van der Waals surface area contributed by atoms with Crippen LogP contribution in [0.25, 0.3) is 11.4 Å². The zero-order valence-corrected chi connectivity index (χ0v) is 13.8. The number of hydrogen-bond donors (Lipinski definition) is 1. The second kappa shape index (κ2) is 6.76. The largest absolute Gasteiger partial charge is 0.497 e. The van der Waals surface area contributed by atoms with Gasteiger partial charge in [-0.05, 0) is 54.2 Å². The molecule has 3 rings (SSSR count). The minimum Gasteiger partial charge on any atom is -0.497 e. The number of methoxy groups -OCH3 is 1. The summed E-state index contributed by atoms with van der Waals surface area (Å²) in [6.07, 6.45) is 1.70. The molecular weight excluding hydrogens is 332 g/mol. The molecule has 1 N–H and O–H groups in total. The molecule has 1 aromatic heterocycles. The molecule has 0 aliphatic rings. The molecule has 5 nitrogen and oxygen atoms in total.